The van der Waals surface area contributed by atoms with Crippen LogP contribution < -0.4 is 10.9 Å². The molecule has 132 valence electrons. The highest BCUT2D eigenvalue weighted by Crippen LogP contribution is 2.32. The Labute approximate surface area is 139 Å². The van der Waals surface area contributed by atoms with Crippen molar-refractivity contribution < 1.29 is 18.1 Å². The average Bonchev–Trinajstić information content (AvgIpc) is 2.88. The molecule has 4 N–H and O–H groups in total. The third-order valence-electron chi connectivity index (χ3n) is 4.45. The smallest absolute Gasteiger partial charge is 0.274 e. The highest BCUT2D eigenvalue weighted by Gasteiger charge is 2.36. The molecule has 1 saturated heterocycles. The van der Waals surface area contributed by atoms with E-state index in [-0.39, 0.29) is 16.5 Å². The minimum Gasteiger partial charge on any atom is -0.338 e. The lowest BCUT2D eigenvalue weighted by Gasteiger charge is -2.23. The van der Waals surface area contributed by atoms with Gasteiger partial charge in [0.15, 0.2) is 0 Å². The fourth-order valence-electron chi connectivity index (χ4n) is 2.78. The van der Waals surface area contributed by atoms with Gasteiger partial charge in [-0.2, -0.15) is 0 Å². The zero-order chi connectivity index (χ0) is 18.3. The number of sulfonamides is 1. The van der Waals surface area contributed by atoms with Gasteiger partial charge in [0.2, 0.25) is 10.0 Å². The molecule has 1 atom stereocenters. The number of nitro benzene ring substituents is 1. The fourth-order valence-corrected chi connectivity index (χ4v) is 3.34. The van der Waals surface area contributed by atoms with Crippen LogP contribution in [0.5, 0.6) is 0 Å². The Kier molecular flexibility index (Phi) is 4.66. The first-order valence-electron chi connectivity index (χ1n) is 7.30. The quantitative estimate of drug-likeness (QED) is 0.587. The van der Waals surface area contributed by atoms with E-state index in [4.69, 9.17) is 10.9 Å². The minimum absolute atomic E-state index is 0.0329. The SMILES string of the molecule is Cc1c(C(=O)N2CCC(C)(CN)C2)cc(S(N)(=O)=O)cc1[N+](=O)[O-]. The van der Waals surface area contributed by atoms with Gasteiger partial charge in [-0.1, -0.05) is 6.92 Å². The van der Waals surface area contributed by atoms with Gasteiger partial charge in [0, 0.05) is 24.7 Å². The molecule has 1 aliphatic rings. The van der Waals surface area contributed by atoms with Gasteiger partial charge in [-0.15, -0.1) is 0 Å². The molecular formula is C14H20N4O5S. The van der Waals surface area contributed by atoms with Crippen LogP contribution in [0.4, 0.5) is 5.69 Å². The maximum atomic E-state index is 12.8. The van der Waals surface area contributed by atoms with E-state index in [1.165, 1.54) is 11.8 Å². The number of benzene rings is 1. The fraction of sp³-hybridized carbons (Fsp3) is 0.500. The van der Waals surface area contributed by atoms with Gasteiger partial charge in [-0.05, 0) is 31.4 Å². The Morgan fingerprint density at radius 2 is 2.08 bits per heavy atom. The van der Waals surface area contributed by atoms with Gasteiger partial charge in [0.05, 0.1) is 15.4 Å². The summed E-state index contributed by atoms with van der Waals surface area (Å²) in [6.07, 6.45) is 0.714. The number of likely N-dealkylation sites (tertiary alicyclic amines) is 1. The summed E-state index contributed by atoms with van der Waals surface area (Å²) in [6, 6.07) is 1.97. The van der Waals surface area contributed by atoms with Crippen LogP contribution in [0.15, 0.2) is 17.0 Å². The van der Waals surface area contributed by atoms with E-state index in [1.54, 1.807) is 0 Å². The Morgan fingerprint density at radius 3 is 2.54 bits per heavy atom. The number of hydrogen-bond acceptors (Lipinski definition) is 6. The van der Waals surface area contributed by atoms with Crippen molar-refractivity contribution in [3.8, 4) is 0 Å². The number of nitrogens with two attached hydrogens (primary N) is 2. The van der Waals surface area contributed by atoms with Crippen molar-refractivity contribution in [3.05, 3.63) is 33.4 Å². The second-order valence-electron chi connectivity index (χ2n) is 6.41. The zero-order valence-corrected chi connectivity index (χ0v) is 14.3. The number of nitro groups is 1. The maximum absolute atomic E-state index is 12.8. The van der Waals surface area contributed by atoms with Gasteiger partial charge in [0.1, 0.15) is 0 Å². The maximum Gasteiger partial charge on any atom is 0.274 e. The second-order valence-corrected chi connectivity index (χ2v) is 7.97. The van der Waals surface area contributed by atoms with Crippen LogP contribution in [0.25, 0.3) is 0 Å². The molecule has 0 bridgehead atoms. The summed E-state index contributed by atoms with van der Waals surface area (Å²) >= 11 is 0. The molecule has 1 unspecified atom stereocenters. The molecule has 0 radical (unpaired) electrons. The van der Waals surface area contributed by atoms with Crippen LogP contribution in [0, 0.1) is 22.5 Å². The summed E-state index contributed by atoms with van der Waals surface area (Å²) in [6.45, 7) is 4.65. The largest absolute Gasteiger partial charge is 0.338 e. The predicted molar refractivity (Wildman–Crippen MR) is 86.9 cm³/mol. The van der Waals surface area contributed by atoms with E-state index < -0.39 is 31.4 Å². The molecule has 0 aromatic heterocycles. The second kappa shape index (κ2) is 6.11. The van der Waals surface area contributed by atoms with Crippen LogP contribution in [0.3, 0.4) is 0 Å². The van der Waals surface area contributed by atoms with Crippen molar-refractivity contribution in [3.63, 3.8) is 0 Å². The molecule has 2 rings (SSSR count). The van der Waals surface area contributed by atoms with Crippen LogP contribution in [0.1, 0.15) is 29.3 Å². The Morgan fingerprint density at radius 1 is 1.46 bits per heavy atom. The molecule has 0 spiro atoms. The third kappa shape index (κ3) is 3.40. The molecule has 0 saturated carbocycles. The topological polar surface area (TPSA) is 150 Å². The lowest BCUT2D eigenvalue weighted by atomic mass is 9.90. The van der Waals surface area contributed by atoms with E-state index in [9.17, 15) is 23.3 Å². The van der Waals surface area contributed by atoms with Crippen LogP contribution in [0.2, 0.25) is 0 Å². The normalized spacial score (nSPS) is 21.1. The van der Waals surface area contributed by atoms with Crippen molar-refractivity contribution in [2.45, 2.75) is 25.2 Å². The first-order valence-corrected chi connectivity index (χ1v) is 8.84. The van der Waals surface area contributed by atoms with Gasteiger partial charge in [-0.3, -0.25) is 14.9 Å². The number of primary sulfonamides is 1. The number of amides is 1. The number of nitrogens with zero attached hydrogens (tertiary/aromatic N) is 2. The molecule has 10 heteroatoms. The third-order valence-corrected chi connectivity index (χ3v) is 5.34. The van der Waals surface area contributed by atoms with Gasteiger partial charge < -0.3 is 10.6 Å². The molecule has 1 heterocycles. The molecular weight excluding hydrogens is 336 g/mol. The van der Waals surface area contributed by atoms with Crippen molar-refractivity contribution in [1.82, 2.24) is 4.90 Å². The number of rotatable bonds is 4. The van der Waals surface area contributed by atoms with Crippen LogP contribution >= 0.6 is 0 Å². The van der Waals surface area contributed by atoms with E-state index in [0.717, 1.165) is 12.1 Å². The lowest BCUT2D eigenvalue weighted by Crippen LogP contribution is -2.35. The van der Waals surface area contributed by atoms with E-state index in [2.05, 4.69) is 0 Å². The van der Waals surface area contributed by atoms with Gasteiger partial charge in [-0.25, -0.2) is 13.6 Å². The summed E-state index contributed by atoms with van der Waals surface area (Å²) < 4.78 is 23.2. The summed E-state index contributed by atoms with van der Waals surface area (Å²) in [5.74, 6) is -0.460. The van der Waals surface area contributed by atoms with Crippen molar-refractivity contribution >= 4 is 21.6 Å². The summed E-state index contributed by atoms with van der Waals surface area (Å²) in [7, 11) is -4.18. The number of carbonyl (C=O) groups is 1. The molecule has 9 nitrogen and oxygen atoms in total. The molecule has 1 aromatic rings. The summed E-state index contributed by atoms with van der Waals surface area (Å²) in [5.41, 5.74) is 5.13. The molecule has 1 amide bonds. The Balaban J connectivity index is 2.52. The van der Waals surface area contributed by atoms with Gasteiger partial charge in [0.25, 0.3) is 11.6 Å². The van der Waals surface area contributed by atoms with Gasteiger partial charge >= 0.3 is 0 Å². The first kappa shape index (κ1) is 18.3. The monoisotopic (exact) mass is 356 g/mol. The predicted octanol–water partition coefficient (Wildman–Crippen LogP) is 0.362. The summed E-state index contributed by atoms with van der Waals surface area (Å²) in [5, 5.41) is 16.2. The average molecular weight is 356 g/mol. The number of hydrogen-bond donors (Lipinski definition) is 2. The molecule has 0 aliphatic carbocycles. The highest BCUT2D eigenvalue weighted by molar-refractivity contribution is 7.89. The molecule has 1 fully saturated rings. The molecule has 24 heavy (non-hydrogen) atoms. The highest BCUT2D eigenvalue weighted by atomic mass is 32.2. The van der Waals surface area contributed by atoms with Crippen molar-refractivity contribution in [1.29, 1.82) is 0 Å². The Bertz CT molecular complexity index is 808. The molecule has 1 aromatic carbocycles. The van der Waals surface area contributed by atoms with E-state index in [0.29, 0.717) is 26.1 Å². The van der Waals surface area contributed by atoms with Crippen molar-refractivity contribution in [2.24, 2.45) is 16.3 Å². The lowest BCUT2D eigenvalue weighted by molar-refractivity contribution is -0.385. The van der Waals surface area contributed by atoms with E-state index >= 15 is 0 Å². The van der Waals surface area contributed by atoms with Crippen LogP contribution in [-0.2, 0) is 10.0 Å². The van der Waals surface area contributed by atoms with Crippen LogP contribution in [-0.4, -0.2) is 43.8 Å². The standard InChI is InChI=1S/C14H20N4O5S/c1-9-11(13(19)17-4-3-14(2,7-15)8-17)5-10(24(16,22)23)6-12(9)18(20)21/h5-6H,3-4,7-8,15H2,1-2H3,(H2,16,22,23). The van der Waals surface area contributed by atoms with Crippen molar-refractivity contribution in [2.75, 3.05) is 19.6 Å². The van der Waals surface area contributed by atoms with E-state index in [1.807, 2.05) is 6.92 Å². The molecule has 1 aliphatic heterocycles. The summed E-state index contributed by atoms with van der Waals surface area (Å²) in [4.78, 5) is 24.3. The number of carbonyl (C=O) groups excluding carboxylic acids is 1. The zero-order valence-electron chi connectivity index (χ0n) is 13.5. The first-order chi connectivity index (χ1) is 11.0. The minimum atomic E-state index is -4.18. The Hall–Kier alpha value is -2.04.